The summed E-state index contributed by atoms with van der Waals surface area (Å²) in [6, 6.07) is 9.14. The molecule has 2 fully saturated rings. The molecule has 0 aliphatic carbocycles. The van der Waals surface area contributed by atoms with Crippen molar-refractivity contribution in [2.45, 2.75) is 37.7 Å². The first-order valence-corrected chi connectivity index (χ1v) is 14.6. The molecule has 3 aromatic rings. The van der Waals surface area contributed by atoms with Gasteiger partial charge in [-0.1, -0.05) is 6.92 Å². The maximum Gasteiger partial charge on any atom is 0.301 e. The van der Waals surface area contributed by atoms with Gasteiger partial charge in [0.2, 0.25) is 0 Å². The van der Waals surface area contributed by atoms with Crippen LogP contribution in [-0.2, 0) is 14.9 Å². The zero-order chi connectivity index (χ0) is 28.5. The number of ether oxygens (including phenoxy) is 3. The van der Waals surface area contributed by atoms with E-state index in [4.69, 9.17) is 14.2 Å². The van der Waals surface area contributed by atoms with E-state index in [1.807, 2.05) is 12.3 Å². The molecule has 212 valence electrons. The Labute approximate surface area is 233 Å². The minimum atomic E-state index is -3.94. The van der Waals surface area contributed by atoms with Gasteiger partial charge in [0.15, 0.2) is 11.6 Å². The van der Waals surface area contributed by atoms with Crippen LogP contribution in [0.15, 0.2) is 36.5 Å². The number of methoxy groups -OCH3 is 1. The normalized spacial score (nSPS) is 18.6. The summed E-state index contributed by atoms with van der Waals surface area (Å²) in [5.41, 5.74) is 1.10. The highest BCUT2D eigenvalue weighted by molar-refractivity contribution is 7.90. The van der Waals surface area contributed by atoms with Crippen LogP contribution in [0.4, 0.5) is 10.1 Å². The van der Waals surface area contributed by atoms with Crippen LogP contribution in [0, 0.1) is 17.1 Å². The quantitative estimate of drug-likeness (QED) is 0.412. The van der Waals surface area contributed by atoms with E-state index >= 15 is 0 Å². The number of pyridine rings is 1. The summed E-state index contributed by atoms with van der Waals surface area (Å²) in [7, 11) is -0.956. The lowest BCUT2D eigenvalue weighted by Gasteiger charge is -2.33. The third-order valence-corrected chi connectivity index (χ3v) is 9.28. The van der Waals surface area contributed by atoms with E-state index in [-0.39, 0.29) is 40.8 Å². The van der Waals surface area contributed by atoms with Gasteiger partial charge in [-0.25, -0.2) is 4.39 Å². The van der Waals surface area contributed by atoms with Crippen LogP contribution in [-0.4, -0.2) is 63.7 Å². The van der Waals surface area contributed by atoms with Crippen molar-refractivity contribution < 1.29 is 27.0 Å². The van der Waals surface area contributed by atoms with Crippen LogP contribution in [0.25, 0.3) is 10.9 Å². The fourth-order valence-electron chi connectivity index (χ4n) is 5.38. The highest BCUT2D eigenvalue weighted by Gasteiger charge is 2.42. The average Bonchev–Trinajstić information content (AvgIpc) is 3.36. The summed E-state index contributed by atoms with van der Waals surface area (Å²) in [6.45, 7) is 4.32. The topological polar surface area (TPSA) is 126 Å². The molecule has 3 heterocycles. The van der Waals surface area contributed by atoms with Crippen molar-refractivity contribution in [2.24, 2.45) is 0 Å². The van der Waals surface area contributed by atoms with E-state index < -0.39 is 16.0 Å². The molecule has 0 unspecified atom stereocenters. The van der Waals surface area contributed by atoms with E-state index in [1.165, 1.54) is 13.1 Å². The molecule has 0 radical (unpaired) electrons. The smallest absolute Gasteiger partial charge is 0.301 e. The number of piperidine rings is 1. The number of hydrogen-bond donors (Lipinski definition) is 2. The minimum Gasteiger partial charge on any atom is -0.496 e. The first-order chi connectivity index (χ1) is 19.2. The number of halogens is 1. The van der Waals surface area contributed by atoms with Crippen LogP contribution in [0.3, 0.4) is 0 Å². The maximum atomic E-state index is 14.9. The Hall–Kier alpha value is -3.50. The van der Waals surface area contributed by atoms with Crippen molar-refractivity contribution >= 4 is 26.8 Å². The van der Waals surface area contributed by atoms with E-state index in [0.717, 1.165) is 48.3 Å². The third kappa shape index (κ3) is 5.30. The molecule has 10 nitrogen and oxygen atoms in total. The standard InChI is InChI=1S/C28H32FN5O5S/c1-4-34(2)40(35,36)33-25-8-6-23(29)27(21(25)15-30)39-19-5-7-24-20(13-19)26(37-3)22(16-32-24)18-14-28(38-17-18)9-11-31-12-10-28/h5-8,13,16,18,31,33H,4,9-12,14,17H2,1-3H3/t18-/m1/s1. The van der Waals surface area contributed by atoms with Crippen LogP contribution >= 0.6 is 0 Å². The Kier molecular flexibility index (Phi) is 7.83. The van der Waals surface area contributed by atoms with Gasteiger partial charge in [0.05, 0.1) is 30.5 Å². The molecule has 2 aliphatic rings. The largest absolute Gasteiger partial charge is 0.496 e. The van der Waals surface area contributed by atoms with Crippen molar-refractivity contribution in [2.75, 3.05) is 45.1 Å². The first-order valence-electron chi connectivity index (χ1n) is 13.2. The van der Waals surface area contributed by atoms with Crippen molar-refractivity contribution in [3.8, 4) is 23.3 Å². The molecule has 1 aromatic heterocycles. The summed E-state index contributed by atoms with van der Waals surface area (Å²) >= 11 is 0. The van der Waals surface area contributed by atoms with Crippen molar-refractivity contribution in [3.63, 3.8) is 0 Å². The van der Waals surface area contributed by atoms with Crippen LogP contribution in [0.2, 0.25) is 0 Å². The summed E-state index contributed by atoms with van der Waals surface area (Å²) in [5.74, 6) is -0.203. The van der Waals surface area contributed by atoms with Gasteiger partial charge in [0, 0.05) is 36.7 Å². The zero-order valence-corrected chi connectivity index (χ0v) is 23.5. The maximum absolute atomic E-state index is 14.9. The SMILES string of the molecule is CCN(C)S(=O)(=O)Nc1ccc(F)c(Oc2ccc3ncc([C@H]4COC5(CCNCC5)C4)c(OC)c3c2)c1C#N. The van der Waals surface area contributed by atoms with E-state index in [0.29, 0.717) is 23.3 Å². The van der Waals surface area contributed by atoms with Crippen LogP contribution < -0.4 is 19.5 Å². The fraction of sp³-hybridized carbons (Fsp3) is 0.429. The molecule has 40 heavy (non-hydrogen) atoms. The second-order valence-electron chi connectivity index (χ2n) is 10.1. The number of benzene rings is 2. The second-order valence-corrected chi connectivity index (χ2v) is 11.9. The summed E-state index contributed by atoms with van der Waals surface area (Å²) in [4.78, 5) is 4.64. The predicted molar refractivity (Wildman–Crippen MR) is 148 cm³/mol. The summed E-state index contributed by atoms with van der Waals surface area (Å²) in [5, 5.41) is 13.9. The van der Waals surface area contributed by atoms with Gasteiger partial charge in [0.1, 0.15) is 23.1 Å². The Morgan fingerprint density at radius 2 is 2.05 bits per heavy atom. The molecule has 0 amide bonds. The molecular formula is C28H32FN5O5S. The van der Waals surface area contributed by atoms with E-state index in [2.05, 4.69) is 15.0 Å². The molecule has 1 spiro atoms. The van der Waals surface area contributed by atoms with Crippen LogP contribution in [0.1, 0.15) is 43.2 Å². The number of fused-ring (bicyclic) bond motifs is 1. The molecule has 12 heteroatoms. The highest BCUT2D eigenvalue weighted by Crippen LogP contribution is 2.46. The van der Waals surface area contributed by atoms with E-state index in [1.54, 1.807) is 32.2 Å². The Balaban J connectivity index is 1.49. The lowest BCUT2D eigenvalue weighted by atomic mass is 9.83. The number of aromatic nitrogens is 1. The molecule has 0 bridgehead atoms. The number of nitrogens with zero attached hydrogens (tertiary/aromatic N) is 3. The molecule has 2 N–H and O–H groups in total. The molecule has 0 saturated carbocycles. The second kappa shape index (κ2) is 11.2. The van der Waals surface area contributed by atoms with E-state index in [9.17, 15) is 18.1 Å². The van der Waals surface area contributed by atoms with Gasteiger partial charge >= 0.3 is 10.2 Å². The Morgan fingerprint density at radius 3 is 2.75 bits per heavy atom. The fourth-order valence-corrected chi connectivity index (χ4v) is 6.32. The van der Waals surface area contributed by atoms with Gasteiger partial charge < -0.3 is 19.5 Å². The van der Waals surface area contributed by atoms with Crippen molar-refractivity contribution in [1.29, 1.82) is 5.26 Å². The number of anilines is 1. The molecule has 1 atom stereocenters. The zero-order valence-electron chi connectivity index (χ0n) is 22.7. The van der Waals surface area contributed by atoms with Crippen LogP contribution in [0.5, 0.6) is 17.2 Å². The lowest BCUT2D eigenvalue weighted by Crippen LogP contribution is -2.41. The molecular weight excluding hydrogens is 537 g/mol. The summed E-state index contributed by atoms with van der Waals surface area (Å²) < 4.78 is 61.5. The summed E-state index contributed by atoms with van der Waals surface area (Å²) in [6.07, 6.45) is 4.62. The minimum absolute atomic E-state index is 0.0883. The van der Waals surface area contributed by atoms with Gasteiger partial charge in [-0.3, -0.25) is 9.71 Å². The molecule has 5 rings (SSSR count). The molecule has 2 aromatic carbocycles. The van der Waals surface area contributed by atoms with Crippen molar-refractivity contribution in [1.82, 2.24) is 14.6 Å². The number of rotatable bonds is 8. The Morgan fingerprint density at radius 1 is 1.27 bits per heavy atom. The molecule has 2 aliphatic heterocycles. The predicted octanol–water partition coefficient (Wildman–Crippen LogP) is 4.28. The number of nitriles is 1. The number of hydrogen-bond acceptors (Lipinski definition) is 8. The number of nitrogens with one attached hydrogen (secondary N) is 2. The van der Waals surface area contributed by atoms with Gasteiger partial charge in [-0.05, 0) is 62.7 Å². The molecule has 2 saturated heterocycles. The van der Waals surface area contributed by atoms with Gasteiger partial charge in [-0.15, -0.1) is 0 Å². The monoisotopic (exact) mass is 569 g/mol. The average molecular weight is 570 g/mol. The first kappa shape index (κ1) is 28.0. The Bertz CT molecular complexity index is 1570. The third-order valence-electron chi connectivity index (χ3n) is 7.72. The highest BCUT2D eigenvalue weighted by atomic mass is 32.2. The van der Waals surface area contributed by atoms with Gasteiger partial charge in [-0.2, -0.15) is 18.0 Å². The van der Waals surface area contributed by atoms with Crippen molar-refractivity contribution in [3.05, 3.63) is 53.5 Å². The van der Waals surface area contributed by atoms with Gasteiger partial charge in [0.25, 0.3) is 0 Å². The lowest BCUT2D eigenvalue weighted by molar-refractivity contribution is -0.0193.